The number of benzene rings is 3. The van der Waals surface area contributed by atoms with Gasteiger partial charge in [0.05, 0.1) is 10.1 Å². The number of sulfone groups is 1. The molecule has 0 saturated carbocycles. The second-order valence-corrected chi connectivity index (χ2v) is 10.5. The van der Waals surface area contributed by atoms with E-state index in [-0.39, 0.29) is 23.3 Å². The third kappa shape index (κ3) is 4.83. The SMILES string of the molecule is O=C(CC(c1ccccc1)c1ccccc1)N1CCC(S(=O)(=O)c2ccc(Cl)cc2)C1. The van der Waals surface area contributed by atoms with E-state index in [1.165, 1.54) is 12.1 Å². The van der Waals surface area contributed by atoms with Gasteiger partial charge in [-0.15, -0.1) is 0 Å². The second kappa shape index (κ2) is 9.25. The molecular formula is C25H24ClNO3S. The summed E-state index contributed by atoms with van der Waals surface area (Å²) in [7, 11) is -3.51. The summed E-state index contributed by atoms with van der Waals surface area (Å²) in [4.78, 5) is 15.1. The lowest BCUT2D eigenvalue weighted by molar-refractivity contribution is -0.130. The maximum atomic E-state index is 13.2. The number of likely N-dealkylation sites (tertiary alicyclic amines) is 1. The van der Waals surface area contributed by atoms with E-state index in [4.69, 9.17) is 11.6 Å². The first-order valence-corrected chi connectivity index (χ1v) is 12.2. The van der Waals surface area contributed by atoms with Crippen molar-refractivity contribution in [3.05, 3.63) is 101 Å². The molecule has 0 N–H and O–H groups in total. The third-order valence-corrected chi connectivity index (χ3v) is 8.30. The minimum atomic E-state index is -3.51. The first-order valence-electron chi connectivity index (χ1n) is 10.3. The highest BCUT2D eigenvalue weighted by Crippen LogP contribution is 2.31. The highest BCUT2D eigenvalue weighted by atomic mass is 35.5. The molecule has 1 unspecified atom stereocenters. The van der Waals surface area contributed by atoms with Crippen molar-refractivity contribution in [2.75, 3.05) is 13.1 Å². The predicted molar refractivity (Wildman–Crippen MR) is 123 cm³/mol. The standard InChI is InChI=1S/C25H24ClNO3S/c26-21-11-13-22(14-12-21)31(29,30)23-15-16-27(18-23)25(28)17-24(19-7-3-1-4-8-19)20-9-5-2-6-10-20/h1-14,23-24H,15-18H2. The van der Waals surface area contributed by atoms with Crippen LogP contribution < -0.4 is 0 Å². The van der Waals surface area contributed by atoms with Crippen molar-refractivity contribution < 1.29 is 13.2 Å². The first kappa shape index (κ1) is 21.6. The molecule has 1 atom stereocenters. The summed E-state index contributed by atoms with van der Waals surface area (Å²) in [6, 6.07) is 26.2. The van der Waals surface area contributed by atoms with Crippen LogP contribution in [0.5, 0.6) is 0 Å². The fraction of sp³-hybridized carbons (Fsp3) is 0.240. The Labute approximate surface area is 188 Å². The monoisotopic (exact) mass is 453 g/mol. The van der Waals surface area contributed by atoms with Crippen LogP contribution in [0.1, 0.15) is 29.9 Å². The van der Waals surface area contributed by atoms with Gasteiger partial charge in [0.1, 0.15) is 0 Å². The maximum Gasteiger partial charge on any atom is 0.223 e. The molecule has 3 aromatic rings. The van der Waals surface area contributed by atoms with Gasteiger partial charge in [-0.25, -0.2) is 8.42 Å². The van der Waals surface area contributed by atoms with E-state index in [2.05, 4.69) is 0 Å². The highest BCUT2D eigenvalue weighted by molar-refractivity contribution is 7.92. The van der Waals surface area contributed by atoms with Crippen LogP contribution in [0.25, 0.3) is 0 Å². The number of nitrogens with zero attached hydrogens (tertiary/aromatic N) is 1. The zero-order valence-electron chi connectivity index (χ0n) is 17.0. The third-order valence-electron chi connectivity index (χ3n) is 5.86. The zero-order valence-corrected chi connectivity index (χ0v) is 18.6. The summed E-state index contributed by atoms with van der Waals surface area (Å²) in [6.07, 6.45) is 0.750. The summed E-state index contributed by atoms with van der Waals surface area (Å²) in [5.41, 5.74) is 2.15. The quantitative estimate of drug-likeness (QED) is 0.531. The lowest BCUT2D eigenvalue weighted by Gasteiger charge is -2.22. The molecule has 1 fully saturated rings. The normalized spacial score (nSPS) is 16.6. The summed E-state index contributed by atoms with van der Waals surface area (Å²) >= 11 is 5.89. The summed E-state index contributed by atoms with van der Waals surface area (Å²) in [5, 5.41) is -0.0976. The van der Waals surface area contributed by atoms with Crippen molar-refractivity contribution in [1.82, 2.24) is 4.90 Å². The van der Waals surface area contributed by atoms with Crippen LogP contribution in [0.2, 0.25) is 5.02 Å². The number of hydrogen-bond donors (Lipinski definition) is 0. The molecule has 3 aromatic carbocycles. The smallest absolute Gasteiger partial charge is 0.223 e. The Hall–Kier alpha value is -2.63. The number of rotatable bonds is 6. The summed E-state index contributed by atoms with van der Waals surface area (Å²) in [5.74, 6) is -0.0895. The first-order chi connectivity index (χ1) is 14.9. The second-order valence-electron chi connectivity index (χ2n) is 7.83. The van der Waals surface area contributed by atoms with Crippen molar-refractivity contribution in [2.24, 2.45) is 0 Å². The molecule has 1 aliphatic rings. The molecule has 1 aliphatic heterocycles. The Morgan fingerprint density at radius 1 is 0.903 bits per heavy atom. The van der Waals surface area contributed by atoms with Gasteiger partial charge in [-0.1, -0.05) is 72.3 Å². The van der Waals surface area contributed by atoms with Crippen LogP contribution in [0.3, 0.4) is 0 Å². The molecular weight excluding hydrogens is 430 g/mol. The lowest BCUT2D eigenvalue weighted by Crippen LogP contribution is -2.32. The molecule has 1 amide bonds. The molecule has 1 saturated heterocycles. The largest absolute Gasteiger partial charge is 0.341 e. The van der Waals surface area contributed by atoms with Gasteiger partial charge in [-0.3, -0.25) is 4.79 Å². The Bertz CT molecular complexity index is 1090. The van der Waals surface area contributed by atoms with Gasteiger partial charge in [-0.2, -0.15) is 0 Å². The Kier molecular flexibility index (Phi) is 6.44. The Morgan fingerprint density at radius 3 is 2.00 bits per heavy atom. The average Bonchev–Trinajstić information content (AvgIpc) is 3.30. The van der Waals surface area contributed by atoms with E-state index < -0.39 is 15.1 Å². The van der Waals surface area contributed by atoms with Crippen molar-refractivity contribution in [3.8, 4) is 0 Å². The summed E-state index contributed by atoms with van der Waals surface area (Å²) in [6.45, 7) is 0.673. The van der Waals surface area contributed by atoms with Gasteiger partial charge >= 0.3 is 0 Å². The topological polar surface area (TPSA) is 54.5 Å². The van der Waals surface area contributed by atoms with Gasteiger partial charge in [0.15, 0.2) is 9.84 Å². The Morgan fingerprint density at radius 2 is 1.45 bits per heavy atom. The fourth-order valence-corrected chi connectivity index (χ4v) is 5.95. The minimum absolute atomic E-state index is 0.0217. The number of halogens is 1. The van der Waals surface area contributed by atoms with Crippen LogP contribution in [0.4, 0.5) is 0 Å². The van der Waals surface area contributed by atoms with Gasteiger partial charge in [-0.05, 0) is 41.8 Å². The molecule has 0 radical (unpaired) electrons. The van der Waals surface area contributed by atoms with Gasteiger partial charge in [0.2, 0.25) is 5.91 Å². The van der Waals surface area contributed by atoms with E-state index in [9.17, 15) is 13.2 Å². The van der Waals surface area contributed by atoms with Gasteiger partial charge in [0.25, 0.3) is 0 Å². The number of hydrogen-bond acceptors (Lipinski definition) is 3. The molecule has 4 nitrogen and oxygen atoms in total. The number of carbonyl (C=O) groups excluding carboxylic acids is 1. The molecule has 160 valence electrons. The Balaban J connectivity index is 1.50. The molecule has 0 aliphatic carbocycles. The van der Waals surface area contributed by atoms with Crippen LogP contribution in [0, 0.1) is 0 Å². The van der Waals surface area contributed by atoms with Gasteiger partial charge in [0, 0.05) is 30.5 Å². The van der Waals surface area contributed by atoms with Crippen LogP contribution >= 0.6 is 11.6 Å². The highest BCUT2D eigenvalue weighted by Gasteiger charge is 2.36. The lowest BCUT2D eigenvalue weighted by atomic mass is 9.88. The predicted octanol–water partition coefficient (Wildman–Crippen LogP) is 4.94. The van der Waals surface area contributed by atoms with Crippen molar-refractivity contribution >= 4 is 27.3 Å². The molecule has 0 spiro atoms. The molecule has 6 heteroatoms. The van der Waals surface area contributed by atoms with E-state index in [1.807, 2.05) is 60.7 Å². The van der Waals surface area contributed by atoms with E-state index in [1.54, 1.807) is 17.0 Å². The van der Waals surface area contributed by atoms with Gasteiger partial charge < -0.3 is 4.90 Å². The van der Waals surface area contributed by atoms with E-state index in [0.29, 0.717) is 24.4 Å². The number of carbonyl (C=O) groups is 1. The van der Waals surface area contributed by atoms with E-state index in [0.717, 1.165) is 11.1 Å². The molecule has 0 aromatic heterocycles. The molecule has 4 rings (SSSR count). The minimum Gasteiger partial charge on any atom is -0.341 e. The van der Waals surface area contributed by atoms with Crippen molar-refractivity contribution in [1.29, 1.82) is 0 Å². The molecule has 31 heavy (non-hydrogen) atoms. The summed E-state index contributed by atoms with van der Waals surface area (Å²) < 4.78 is 26.0. The van der Waals surface area contributed by atoms with E-state index >= 15 is 0 Å². The maximum absolute atomic E-state index is 13.2. The van der Waals surface area contributed by atoms with Crippen molar-refractivity contribution in [2.45, 2.75) is 28.9 Å². The van der Waals surface area contributed by atoms with Crippen LogP contribution in [-0.2, 0) is 14.6 Å². The van der Waals surface area contributed by atoms with Crippen LogP contribution in [-0.4, -0.2) is 37.6 Å². The molecule has 0 bridgehead atoms. The average molecular weight is 454 g/mol. The van der Waals surface area contributed by atoms with Crippen molar-refractivity contribution in [3.63, 3.8) is 0 Å². The zero-order chi connectivity index (χ0) is 21.8. The number of amides is 1. The fourth-order valence-electron chi connectivity index (χ4n) is 4.13. The molecule has 1 heterocycles. The van der Waals surface area contributed by atoms with Crippen LogP contribution in [0.15, 0.2) is 89.8 Å².